The summed E-state index contributed by atoms with van der Waals surface area (Å²) >= 11 is 0. The number of hydrogen-bond donors (Lipinski definition) is 0. The highest BCUT2D eigenvalue weighted by Crippen LogP contribution is 2.44. The van der Waals surface area contributed by atoms with E-state index in [-0.39, 0.29) is 11.3 Å². The normalized spacial score (nSPS) is 18.8. The van der Waals surface area contributed by atoms with E-state index in [2.05, 4.69) is 82.3 Å². The Kier molecular flexibility index (Phi) is 10.6. The molecule has 2 heteroatoms. The molecule has 1 aliphatic carbocycles. The Balaban J connectivity index is 1.90. The fourth-order valence-electron chi connectivity index (χ4n) is 5.41. The second-order valence-electron chi connectivity index (χ2n) is 11.0. The molecule has 35 heavy (non-hydrogen) atoms. The SMILES string of the molecule is CCC=CCC1CCC(=O)CC1c1ccc(C(C)(C)CCCCCC)cc1OCc1ccccc1. The van der Waals surface area contributed by atoms with Crippen LogP contribution in [0.25, 0.3) is 0 Å². The van der Waals surface area contributed by atoms with Gasteiger partial charge in [-0.2, -0.15) is 0 Å². The smallest absolute Gasteiger partial charge is 0.133 e. The largest absolute Gasteiger partial charge is 0.489 e. The van der Waals surface area contributed by atoms with Gasteiger partial charge >= 0.3 is 0 Å². The summed E-state index contributed by atoms with van der Waals surface area (Å²) in [6.45, 7) is 9.71. The first-order valence-corrected chi connectivity index (χ1v) is 13.9. The standard InChI is InChI=1S/C33H46O2/c1-5-7-9-14-22-33(3,4)28-19-21-30(32(23-28)35-25-26-15-12-10-13-16-26)31-24-29(34)20-18-27(31)17-11-8-6-2/h8,10-13,15-16,19,21,23,27,31H,5-7,9,14,17-18,20,22,24-25H2,1-4H3. The Morgan fingerprint density at radius 2 is 1.80 bits per heavy atom. The number of unbranched alkanes of at least 4 members (excludes halogenated alkanes) is 3. The monoisotopic (exact) mass is 474 g/mol. The van der Waals surface area contributed by atoms with Crippen LogP contribution in [0.1, 0.15) is 115 Å². The van der Waals surface area contributed by atoms with Gasteiger partial charge in [0, 0.05) is 12.8 Å². The van der Waals surface area contributed by atoms with E-state index in [0.717, 1.165) is 25.0 Å². The molecule has 0 amide bonds. The first kappa shape index (κ1) is 27.2. The van der Waals surface area contributed by atoms with E-state index in [1.54, 1.807) is 0 Å². The maximum absolute atomic E-state index is 12.6. The molecule has 0 saturated heterocycles. The molecule has 1 fully saturated rings. The van der Waals surface area contributed by atoms with Crippen LogP contribution in [0.3, 0.4) is 0 Å². The lowest BCUT2D eigenvalue weighted by atomic mass is 9.72. The Hall–Kier alpha value is -2.35. The van der Waals surface area contributed by atoms with E-state index in [1.165, 1.54) is 48.8 Å². The minimum absolute atomic E-state index is 0.1000. The molecule has 1 saturated carbocycles. The van der Waals surface area contributed by atoms with Crippen LogP contribution in [-0.4, -0.2) is 5.78 Å². The van der Waals surface area contributed by atoms with Gasteiger partial charge in [-0.05, 0) is 65.7 Å². The van der Waals surface area contributed by atoms with Gasteiger partial charge in [0.1, 0.15) is 18.1 Å². The maximum atomic E-state index is 12.6. The van der Waals surface area contributed by atoms with Crippen molar-refractivity contribution in [2.75, 3.05) is 0 Å². The Morgan fingerprint density at radius 3 is 2.54 bits per heavy atom. The topological polar surface area (TPSA) is 26.3 Å². The Labute approximate surface area is 214 Å². The van der Waals surface area contributed by atoms with Crippen molar-refractivity contribution in [2.45, 2.75) is 110 Å². The number of carbonyl (C=O) groups excluding carboxylic acids is 1. The van der Waals surface area contributed by atoms with Gasteiger partial charge < -0.3 is 4.74 Å². The predicted octanol–water partition coefficient (Wildman–Crippen LogP) is 9.32. The summed E-state index contributed by atoms with van der Waals surface area (Å²) in [7, 11) is 0. The van der Waals surface area contributed by atoms with Crippen molar-refractivity contribution in [3.63, 3.8) is 0 Å². The van der Waals surface area contributed by atoms with Crippen LogP contribution in [0.4, 0.5) is 0 Å². The molecule has 0 aliphatic heterocycles. The summed E-state index contributed by atoms with van der Waals surface area (Å²) in [6, 6.07) is 17.3. The quantitative estimate of drug-likeness (QED) is 0.213. The summed E-state index contributed by atoms with van der Waals surface area (Å²) in [4.78, 5) is 12.6. The molecule has 2 unspecified atom stereocenters. The van der Waals surface area contributed by atoms with Crippen molar-refractivity contribution in [3.05, 3.63) is 77.4 Å². The summed E-state index contributed by atoms with van der Waals surface area (Å²) < 4.78 is 6.54. The van der Waals surface area contributed by atoms with Gasteiger partial charge in [0.2, 0.25) is 0 Å². The van der Waals surface area contributed by atoms with Crippen molar-refractivity contribution in [3.8, 4) is 5.75 Å². The molecule has 2 aromatic carbocycles. The number of carbonyl (C=O) groups is 1. The first-order valence-electron chi connectivity index (χ1n) is 13.9. The van der Waals surface area contributed by atoms with E-state index in [4.69, 9.17) is 4.74 Å². The summed E-state index contributed by atoms with van der Waals surface area (Å²) in [6.07, 6.45) is 15.3. The Bertz CT molecular complexity index is 941. The van der Waals surface area contributed by atoms with Crippen LogP contribution in [0.5, 0.6) is 5.75 Å². The van der Waals surface area contributed by atoms with Crippen molar-refractivity contribution >= 4 is 5.78 Å². The molecule has 3 rings (SSSR count). The van der Waals surface area contributed by atoms with Crippen LogP contribution in [0, 0.1) is 5.92 Å². The average Bonchev–Trinajstić information content (AvgIpc) is 2.87. The molecular formula is C33H46O2. The molecule has 0 radical (unpaired) electrons. The van der Waals surface area contributed by atoms with E-state index in [0.29, 0.717) is 31.1 Å². The van der Waals surface area contributed by atoms with E-state index < -0.39 is 0 Å². The van der Waals surface area contributed by atoms with Gasteiger partial charge in [0.05, 0.1) is 0 Å². The second-order valence-corrected chi connectivity index (χ2v) is 11.0. The predicted molar refractivity (Wildman–Crippen MR) is 148 cm³/mol. The van der Waals surface area contributed by atoms with Gasteiger partial charge in [-0.1, -0.05) is 108 Å². The summed E-state index contributed by atoms with van der Waals surface area (Å²) in [5.41, 5.74) is 3.83. The molecule has 0 N–H and O–H groups in total. The zero-order valence-electron chi connectivity index (χ0n) is 22.5. The molecule has 2 atom stereocenters. The van der Waals surface area contributed by atoms with Gasteiger partial charge in [0.15, 0.2) is 0 Å². The Morgan fingerprint density at radius 1 is 1.00 bits per heavy atom. The molecule has 0 spiro atoms. The van der Waals surface area contributed by atoms with Crippen molar-refractivity contribution in [2.24, 2.45) is 5.92 Å². The van der Waals surface area contributed by atoms with Crippen molar-refractivity contribution in [1.82, 2.24) is 0 Å². The van der Waals surface area contributed by atoms with Crippen LogP contribution in [0.15, 0.2) is 60.7 Å². The molecule has 2 nitrogen and oxygen atoms in total. The fraction of sp³-hybridized carbons (Fsp3) is 0.545. The number of allylic oxidation sites excluding steroid dienone is 2. The lowest BCUT2D eigenvalue weighted by Gasteiger charge is -2.33. The zero-order valence-corrected chi connectivity index (χ0v) is 22.5. The van der Waals surface area contributed by atoms with Crippen LogP contribution >= 0.6 is 0 Å². The minimum Gasteiger partial charge on any atom is -0.489 e. The molecule has 0 heterocycles. The third kappa shape index (κ3) is 8.09. The van der Waals surface area contributed by atoms with Crippen molar-refractivity contribution < 1.29 is 9.53 Å². The third-order valence-corrected chi connectivity index (χ3v) is 7.74. The highest BCUT2D eigenvalue weighted by Gasteiger charge is 2.32. The summed E-state index contributed by atoms with van der Waals surface area (Å²) in [5.74, 6) is 2.07. The first-order chi connectivity index (χ1) is 16.9. The molecule has 2 aromatic rings. The van der Waals surface area contributed by atoms with E-state index in [1.807, 2.05) is 6.07 Å². The van der Waals surface area contributed by atoms with Crippen LogP contribution in [0.2, 0.25) is 0 Å². The number of Topliss-reactive ketones (excluding diaryl/α,β-unsaturated/α-hetero) is 1. The zero-order chi connectivity index (χ0) is 25.1. The number of ether oxygens (including phenoxy) is 1. The number of benzene rings is 2. The highest BCUT2D eigenvalue weighted by atomic mass is 16.5. The van der Waals surface area contributed by atoms with Gasteiger partial charge in [-0.25, -0.2) is 0 Å². The average molecular weight is 475 g/mol. The second kappa shape index (κ2) is 13.7. The lowest BCUT2D eigenvalue weighted by molar-refractivity contribution is -0.121. The van der Waals surface area contributed by atoms with Gasteiger partial charge in [-0.15, -0.1) is 0 Å². The number of ketones is 1. The lowest BCUT2D eigenvalue weighted by Crippen LogP contribution is -2.24. The van der Waals surface area contributed by atoms with Gasteiger partial charge in [-0.3, -0.25) is 4.79 Å². The summed E-state index contributed by atoms with van der Waals surface area (Å²) in [5, 5.41) is 0. The van der Waals surface area contributed by atoms with Crippen LogP contribution in [-0.2, 0) is 16.8 Å². The van der Waals surface area contributed by atoms with Gasteiger partial charge in [0.25, 0.3) is 0 Å². The molecule has 0 aromatic heterocycles. The van der Waals surface area contributed by atoms with Crippen LogP contribution < -0.4 is 4.74 Å². The minimum atomic E-state index is 0.1000. The molecular weight excluding hydrogens is 428 g/mol. The third-order valence-electron chi connectivity index (χ3n) is 7.74. The number of hydrogen-bond acceptors (Lipinski definition) is 2. The van der Waals surface area contributed by atoms with Crippen molar-refractivity contribution in [1.29, 1.82) is 0 Å². The highest BCUT2D eigenvalue weighted by molar-refractivity contribution is 5.80. The number of rotatable bonds is 13. The molecule has 0 bridgehead atoms. The molecule has 1 aliphatic rings. The maximum Gasteiger partial charge on any atom is 0.133 e. The molecule has 190 valence electrons. The van der Waals surface area contributed by atoms with E-state index >= 15 is 0 Å². The fourth-order valence-corrected chi connectivity index (χ4v) is 5.41. The van der Waals surface area contributed by atoms with E-state index in [9.17, 15) is 4.79 Å².